The molecular weight excluding hydrogens is 462 g/mol. The molecule has 0 saturated carbocycles. The van der Waals surface area contributed by atoms with Crippen molar-refractivity contribution in [2.24, 2.45) is 22.2 Å². The van der Waals surface area contributed by atoms with Crippen LogP contribution in [0, 0.1) is 0 Å². The molecule has 0 aromatic carbocycles. The lowest BCUT2D eigenvalue weighted by Crippen LogP contribution is -2.55. The molecule has 0 aliphatic rings. The molecule has 3 amide bonds. The lowest BCUT2D eigenvalue weighted by Gasteiger charge is -2.19. The van der Waals surface area contributed by atoms with Gasteiger partial charge in [-0.05, 0) is 12.8 Å². The maximum Gasteiger partial charge on any atom is 0.328 e. The van der Waals surface area contributed by atoms with Gasteiger partial charge in [-0.3, -0.25) is 29.0 Å². The third-order valence-corrected chi connectivity index (χ3v) is 3.56. The Balaban J connectivity index is 0. The Bertz CT molecular complexity index is 751. The van der Waals surface area contributed by atoms with Crippen LogP contribution in [0.5, 0.6) is 0 Å². The first-order chi connectivity index (χ1) is 15.7. The van der Waals surface area contributed by atoms with Crippen LogP contribution in [0.4, 0.5) is 0 Å². The summed E-state index contributed by atoms with van der Waals surface area (Å²) in [5, 5.41) is 40.2. The van der Waals surface area contributed by atoms with E-state index in [1.54, 1.807) is 0 Å². The highest BCUT2D eigenvalue weighted by Crippen LogP contribution is 1.97. The molecule has 0 rings (SSSR count). The predicted octanol–water partition coefficient (Wildman–Crippen LogP) is -4.90. The zero-order chi connectivity index (χ0) is 26.8. The Kier molecular flexibility index (Phi) is 16.6. The van der Waals surface area contributed by atoms with E-state index in [9.17, 15) is 24.0 Å². The average molecular weight is 493 g/mol. The fourth-order valence-electron chi connectivity index (χ4n) is 2.04. The number of hydrogen-bond donors (Lipinski definition) is 10. The first-order valence-electron chi connectivity index (χ1n) is 9.64. The minimum atomic E-state index is -1.68. The Labute approximate surface area is 193 Å². The van der Waals surface area contributed by atoms with E-state index >= 15 is 0 Å². The number of carboxylic acids is 3. The number of aliphatic hydroxyl groups is 1. The van der Waals surface area contributed by atoms with Crippen molar-refractivity contribution >= 4 is 41.6 Å². The summed E-state index contributed by atoms with van der Waals surface area (Å²) in [7, 11) is 0. The van der Waals surface area contributed by atoms with E-state index < -0.39 is 73.3 Å². The SMILES string of the molecule is CC(=O)O.NC(N)=NCCCC(N)C(=O)NCC(=O)NC(CC(=O)O)C(=O)NC(CO)C(=O)O. The van der Waals surface area contributed by atoms with Gasteiger partial charge in [0, 0.05) is 13.5 Å². The first kappa shape index (κ1) is 32.2. The van der Waals surface area contributed by atoms with E-state index in [0.29, 0.717) is 6.42 Å². The fourth-order valence-corrected chi connectivity index (χ4v) is 2.04. The van der Waals surface area contributed by atoms with Gasteiger partial charge in [0.15, 0.2) is 5.96 Å². The number of aliphatic hydroxyl groups excluding tert-OH is 1. The second kappa shape index (κ2) is 17.6. The number of carboxylic acid groups (broad SMARTS) is 3. The van der Waals surface area contributed by atoms with E-state index in [2.05, 4.69) is 15.6 Å². The van der Waals surface area contributed by atoms with Gasteiger partial charge in [0.2, 0.25) is 17.7 Å². The number of hydrogen-bond acceptors (Lipinski definition) is 9. The Morgan fingerprint density at radius 3 is 1.94 bits per heavy atom. The standard InChI is InChI=1S/C15H27N7O8.C2H4O2/c16-7(2-1-3-19-15(17)18)12(27)20-5-10(24)21-8(4-11(25)26)13(28)22-9(6-23)14(29)30;1-2(3)4/h7-9,23H,1-6,16H2,(H,20,27)(H,21,24)(H,22,28)(H,25,26)(H,29,30)(H4,17,18,19);1H3,(H,3,4). The summed E-state index contributed by atoms with van der Waals surface area (Å²) < 4.78 is 0. The zero-order valence-electron chi connectivity index (χ0n) is 18.4. The molecule has 3 atom stereocenters. The molecule has 13 N–H and O–H groups in total. The Morgan fingerprint density at radius 1 is 0.941 bits per heavy atom. The van der Waals surface area contributed by atoms with Gasteiger partial charge in [0.05, 0.1) is 25.6 Å². The first-order valence-corrected chi connectivity index (χ1v) is 9.64. The number of carbonyl (C=O) groups is 6. The summed E-state index contributed by atoms with van der Waals surface area (Å²) in [6.07, 6.45) is -0.214. The van der Waals surface area contributed by atoms with Gasteiger partial charge >= 0.3 is 11.9 Å². The molecule has 0 spiro atoms. The van der Waals surface area contributed by atoms with E-state index in [-0.39, 0.29) is 18.9 Å². The normalized spacial score (nSPS) is 12.4. The smallest absolute Gasteiger partial charge is 0.328 e. The molecule has 3 unspecified atom stereocenters. The second-order valence-electron chi connectivity index (χ2n) is 6.59. The fraction of sp³-hybridized carbons (Fsp3) is 0.588. The van der Waals surface area contributed by atoms with Crippen LogP contribution in [0.15, 0.2) is 4.99 Å². The van der Waals surface area contributed by atoms with E-state index in [4.69, 9.17) is 42.4 Å². The summed E-state index contributed by atoms with van der Waals surface area (Å²) in [4.78, 5) is 70.3. The van der Waals surface area contributed by atoms with Crippen molar-refractivity contribution < 1.29 is 49.2 Å². The molecule has 0 aliphatic heterocycles. The quantitative estimate of drug-likeness (QED) is 0.0616. The molecule has 0 radical (unpaired) electrons. The summed E-state index contributed by atoms with van der Waals surface area (Å²) >= 11 is 0. The molecule has 0 bridgehead atoms. The maximum absolute atomic E-state index is 12.0. The predicted molar refractivity (Wildman–Crippen MR) is 115 cm³/mol. The Hall–Kier alpha value is -3.99. The van der Waals surface area contributed by atoms with Gasteiger partial charge < -0.3 is 53.6 Å². The molecule has 0 aromatic heterocycles. The number of rotatable bonds is 14. The maximum atomic E-state index is 12.0. The number of aliphatic carboxylic acids is 3. The molecular formula is C17H31N7O10. The average Bonchev–Trinajstić information content (AvgIpc) is 2.71. The molecule has 0 aliphatic carbocycles. The number of guanidine groups is 1. The topological polar surface area (TPSA) is 310 Å². The number of carbonyl (C=O) groups excluding carboxylic acids is 3. The Morgan fingerprint density at radius 2 is 1.50 bits per heavy atom. The van der Waals surface area contributed by atoms with Gasteiger partial charge in [0.25, 0.3) is 5.97 Å². The second-order valence-corrected chi connectivity index (χ2v) is 6.59. The zero-order valence-corrected chi connectivity index (χ0v) is 18.4. The molecule has 194 valence electrons. The number of aliphatic imine (C=N–C) groups is 1. The number of nitrogens with one attached hydrogen (secondary N) is 3. The van der Waals surface area contributed by atoms with Crippen LogP contribution in [-0.4, -0.2) is 99.8 Å². The molecule has 34 heavy (non-hydrogen) atoms. The van der Waals surface area contributed by atoms with Gasteiger partial charge in [-0.15, -0.1) is 0 Å². The van der Waals surface area contributed by atoms with Crippen molar-refractivity contribution in [3.8, 4) is 0 Å². The van der Waals surface area contributed by atoms with Gasteiger partial charge in [-0.2, -0.15) is 0 Å². The van der Waals surface area contributed by atoms with E-state index in [1.165, 1.54) is 0 Å². The van der Waals surface area contributed by atoms with Crippen molar-refractivity contribution in [1.29, 1.82) is 0 Å². The number of nitrogens with zero attached hydrogens (tertiary/aromatic N) is 1. The molecule has 17 nitrogen and oxygen atoms in total. The lowest BCUT2D eigenvalue weighted by atomic mass is 10.1. The molecule has 0 aromatic rings. The van der Waals surface area contributed by atoms with E-state index in [1.807, 2.05) is 5.32 Å². The minimum Gasteiger partial charge on any atom is -0.481 e. The molecule has 0 saturated heterocycles. The van der Waals surface area contributed by atoms with Crippen molar-refractivity contribution in [3.63, 3.8) is 0 Å². The third-order valence-electron chi connectivity index (χ3n) is 3.56. The van der Waals surface area contributed by atoms with Crippen LogP contribution in [0.2, 0.25) is 0 Å². The van der Waals surface area contributed by atoms with Crippen molar-refractivity contribution in [3.05, 3.63) is 0 Å². The van der Waals surface area contributed by atoms with Crippen LogP contribution < -0.4 is 33.2 Å². The van der Waals surface area contributed by atoms with Gasteiger partial charge in [0.1, 0.15) is 12.1 Å². The van der Waals surface area contributed by atoms with Gasteiger partial charge in [-0.25, -0.2) is 4.79 Å². The van der Waals surface area contributed by atoms with Crippen molar-refractivity contribution in [1.82, 2.24) is 16.0 Å². The highest BCUT2D eigenvalue weighted by Gasteiger charge is 2.28. The lowest BCUT2D eigenvalue weighted by molar-refractivity contribution is -0.144. The van der Waals surface area contributed by atoms with Crippen LogP contribution in [-0.2, 0) is 28.8 Å². The molecule has 0 fully saturated rings. The molecule has 0 heterocycles. The van der Waals surface area contributed by atoms with Gasteiger partial charge in [-0.1, -0.05) is 0 Å². The van der Waals surface area contributed by atoms with E-state index in [0.717, 1.165) is 6.92 Å². The monoisotopic (exact) mass is 493 g/mol. The summed E-state index contributed by atoms with van der Waals surface area (Å²) in [6, 6.07) is -4.26. The summed E-state index contributed by atoms with van der Waals surface area (Å²) in [5.41, 5.74) is 16.0. The number of amides is 3. The van der Waals surface area contributed by atoms with Crippen LogP contribution in [0.1, 0.15) is 26.2 Å². The summed E-state index contributed by atoms with van der Waals surface area (Å²) in [6.45, 7) is -0.195. The number of nitrogens with two attached hydrogens (primary N) is 3. The largest absolute Gasteiger partial charge is 0.481 e. The molecule has 17 heteroatoms. The summed E-state index contributed by atoms with van der Waals surface area (Å²) in [5.74, 6) is -6.63. The minimum absolute atomic E-state index is 0.0988. The third kappa shape index (κ3) is 17.7. The van der Waals surface area contributed by atoms with Crippen LogP contribution >= 0.6 is 0 Å². The van der Waals surface area contributed by atoms with Crippen molar-refractivity contribution in [2.45, 2.75) is 44.3 Å². The van der Waals surface area contributed by atoms with Crippen LogP contribution in [0.3, 0.4) is 0 Å². The van der Waals surface area contributed by atoms with Crippen LogP contribution in [0.25, 0.3) is 0 Å². The highest BCUT2D eigenvalue weighted by molar-refractivity contribution is 5.94. The van der Waals surface area contributed by atoms with Crippen molar-refractivity contribution in [2.75, 3.05) is 19.7 Å². The highest BCUT2D eigenvalue weighted by atomic mass is 16.4.